The molecule has 1 N–H and O–H groups in total. The molecule has 15 heavy (non-hydrogen) atoms. The number of rotatable bonds is 4. The molecule has 0 saturated carbocycles. The lowest BCUT2D eigenvalue weighted by Crippen LogP contribution is -2.33. The Morgan fingerprint density at radius 3 is 2.67 bits per heavy atom. The van der Waals surface area contributed by atoms with E-state index in [0.29, 0.717) is 12.1 Å². The van der Waals surface area contributed by atoms with Crippen molar-refractivity contribution in [2.75, 3.05) is 13.7 Å². The summed E-state index contributed by atoms with van der Waals surface area (Å²) in [4.78, 5) is 0. The van der Waals surface area contributed by atoms with Crippen molar-refractivity contribution < 1.29 is 4.74 Å². The fraction of sp³-hybridized carbons (Fsp3) is 0.538. The zero-order chi connectivity index (χ0) is 10.5. The van der Waals surface area contributed by atoms with E-state index in [0.717, 1.165) is 13.0 Å². The first-order valence-electron chi connectivity index (χ1n) is 5.67. The van der Waals surface area contributed by atoms with E-state index < -0.39 is 0 Å². The van der Waals surface area contributed by atoms with Crippen LogP contribution in [-0.2, 0) is 11.2 Å². The van der Waals surface area contributed by atoms with Crippen molar-refractivity contribution in [1.82, 2.24) is 5.32 Å². The smallest absolute Gasteiger partial charge is 0.0615 e. The summed E-state index contributed by atoms with van der Waals surface area (Å²) in [5.74, 6) is 0. The highest BCUT2D eigenvalue weighted by Gasteiger charge is 2.23. The van der Waals surface area contributed by atoms with Crippen molar-refractivity contribution in [3.63, 3.8) is 0 Å². The predicted molar refractivity (Wildman–Crippen MR) is 62.0 cm³/mol. The summed E-state index contributed by atoms with van der Waals surface area (Å²) in [5.41, 5.74) is 1.42. The van der Waals surface area contributed by atoms with E-state index in [1.807, 2.05) is 0 Å². The molecular weight excluding hydrogens is 186 g/mol. The summed E-state index contributed by atoms with van der Waals surface area (Å²) in [7, 11) is 1.77. The first-order chi connectivity index (χ1) is 7.38. The van der Waals surface area contributed by atoms with Crippen LogP contribution >= 0.6 is 0 Å². The van der Waals surface area contributed by atoms with Crippen molar-refractivity contribution in [3.05, 3.63) is 35.9 Å². The summed E-state index contributed by atoms with van der Waals surface area (Å²) in [5, 5.41) is 3.62. The van der Waals surface area contributed by atoms with Crippen LogP contribution in [0.5, 0.6) is 0 Å². The molecule has 1 aliphatic heterocycles. The fourth-order valence-electron chi connectivity index (χ4n) is 2.29. The number of hydrogen-bond donors (Lipinski definition) is 1. The largest absolute Gasteiger partial charge is 0.383 e. The molecule has 1 fully saturated rings. The Balaban J connectivity index is 1.82. The molecule has 0 aromatic heterocycles. The molecule has 82 valence electrons. The minimum absolute atomic E-state index is 0.559. The van der Waals surface area contributed by atoms with Crippen molar-refractivity contribution in [2.24, 2.45) is 0 Å². The van der Waals surface area contributed by atoms with Crippen LogP contribution < -0.4 is 5.32 Å². The molecular formula is C13H19NO. The standard InChI is InChI=1S/C13H19NO/c1-15-10-13-8-7-12(14-13)9-11-5-3-2-4-6-11/h2-6,12-14H,7-10H2,1H3/t12?,13-/m0/s1. The number of nitrogens with one attached hydrogen (secondary N) is 1. The van der Waals surface area contributed by atoms with Gasteiger partial charge >= 0.3 is 0 Å². The SMILES string of the molecule is COC[C@@H]1CCC(Cc2ccccc2)N1. The molecule has 1 unspecified atom stereocenters. The average Bonchev–Trinajstić information content (AvgIpc) is 2.68. The second kappa shape index (κ2) is 5.29. The highest BCUT2D eigenvalue weighted by atomic mass is 16.5. The van der Waals surface area contributed by atoms with Crippen LogP contribution in [0.4, 0.5) is 0 Å². The van der Waals surface area contributed by atoms with E-state index in [9.17, 15) is 0 Å². The highest BCUT2D eigenvalue weighted by molar-refractivity contribution is 5.16. The Hall–Kier alpha value is -0.860. The first kappa shape index (κ1) is 10.7. The van der Waals surface area contributed by atoms with Gasteiger partial charge in [0.2, 0.25) is 0 Å². The maximum atomic E-state index is 5.16. The quantitative estimate of drug-likeness (QED) is 0.811. The molecule has 2 rings (SSSR count). The third-order valence-electron chi connectivity index (χ3n) is 3.03. The molecule has 0 spiro atoms. The third kappa shape index (κ3) is 3.05. The monoisotopic (exact) mass is 205 g/mol. The summed E-state index contributed by atoms with van der Waals surface area (Å²) in [6.45, 7) is 0.839. The molecule has 1 aromatic rings. The molecule has 2 nitrogen and oxygen atoms in total. The van der Waals surface area contributed by atoms with Crippen molar-refractivity contribution >= 4 is 0 Å². The van der Waals surface area contributed by atoms with E-state index in [1.165, 1.54) is 18.4 Å². The van der Waals surface area contributed by atoms with Gasteiger partial charge in [0.1, 0.15) is 0 Å². The number of ether oxygens (including phenoxy) is 1. The number of methoxy groups -OCH3 is 1. The minimum Gasteiger partial charge on any atom is -0.383 e. The van der Waals surface area contributed by atoms with Gasteiger partial charge in [-0.25, -0.2) is 0 Å². The van der Waals surface area contributed by atoms with Gasteiger partial charge in [-0.15, -0.1) is 0 Å². The first-order valence-corrected chi connectivity index (χ1v) is 5.67. The molecule has 0 bridgehead atoms. The Kier molecular flexibility index (Phi) is 3.75. The van der Waals surface area contributed by atoms with Crippen LogP contribution in [0.3, 0.4) is 0 Å². The summed E-state index contributed by atoms with van der Waals surface area (Å²) in [6.07, 6.45) is 3.65. The van der Waals surface area contributed by atoms with E-state index in [4.69, 9.17) is 4.74 Å². The van der Waals surface area contributed by atoms with Gasteiger partial charge in [0.05, 0.1) is 6.61 Å². The average molecular weight is 205 g/mol. The second-order valence-electron chi connectivity index (χ2n) is 4.28. The fourth-order valence-corrected chi connectivity index (χ4v) is 2.29. The van der Waals surface area contributed by atoms with E-state index in [1.54, 1.807) is 7.11 Å². The molecule has 2 atom stereocenters. The molecule has 0 radical (unpaired) electrons. The third-order valence-corrected chi connectivity index (χ3v) is 3.03. The lowest BCUT2D eigenvalue weighted by Gasteiger charge is -2.13. The van der Waals surface area contributed by atoms with Gasteiger partial charge in [0.25, 0.3) is 0 Å². The van der Waals surface area contributed by atoms with Crippen LogP contribution in [0.25, 0.3) is 0 Å². The zero-order valence-electron chi connectivity index (χ0n) is 9.28. The summed E-state index contributed by atoms with van der Waals surface area (Å²) in [6, 6.07) is 11.9. The topological polar surface area (TPSA) is 21.3 Å². The van der Waals surface area contributed by atoms with Gasteiger partial charge in [-0.1, -0.05) is 30.3 Å². The van der Waals surface area contributed by atoms with Gasteiger partial charge in [-0.2, -0.15) is 0 Å². The molecule has 2 heteroatoms. The maximum absolute atomic E-state index is 5.16. The summed E-state index contributed by atoms with van der Waals surface area (Å²) < 4.78 is 5.16. The van der Waals surface area contributed by atoms with Crippen LogP contribution in [0.1, 0.15) is 18.4 Å². The highest BCUT2D eigenvalue weighted by Crippen LogP contribution is 2.16. The number of benzene rings is 1. The lowest BCUT2D eigenvalue weighted by atomic mass is 10.0. The molecule has 0 aliphatic carbocycles. The zero-order valence-corrected chi connectivity index (χ0v) is 9.28. The lowest BCUT2D eigenvalue weighted by molar-refractivity contribution is 0.171. The Morgan fingerprint density at radius 2 is 1.93 bits per heavy atom. The van der Waals surface area contributed by atoms with Crippen LogP contribution in [-0.4, -0.2) is 25.8 Å². The van der Waals surface area contributed by atoms with Crippen LogP contribution in [0.2, 0.25) is 0 Å². The number of hydrogen-bond acceptors (Lipinski definition) is 2. The minimum atomic E-state index is 0.559. The predicted octanol–water partition coefficient (Wildman–Crippen LogP) is 2.00. The molecule has 0 amide bonds. The Labute approximate surface area is 91.6 Å². The van der Waals surface area contributed by atoms with Gasteiger partial charge in [0.15, 0.2) is 0 Å². The normalized spacial score (nSPS) is 25.7. The molecule has 1 aliphatic rings. The van der Waals surface area contributed by atoms with E-state index in [2.05, 4.69) is 35.6 Å². The van der Waals surface area contributed by atoms with Crippen LogP contribution in [0, 0.1) is 0 Å². The van der Waals surface area contributed by atoms with Gasteiger partial charge in [-0.3, -0.25) is 0 Å². The Bertz CT molecular complexity index is 286. The second-order valence-corrected chi connectivity index (χ2v) is 4.28. The van der Waals surface area contributed by atoms with Gasteiger partial charge in [0, 0.05) is 19.2 Å². The van der Waals surface area contributed by atoms with Crippen LogP contribution in [0.15, 0.2) is 30.3 Å². The summed E-state index contributed by atoms with van der Waals surface area (Å²) >= 11 is 0. The maximum Gasteiger partial charge on any atom is 0.0615 e. The van der Waals surface area contributed by atoms with Crippen molar-refractivity contribution in [2.45, 2.75) is 31.3 Å². The van der Waals surface area contributed by atoms with E-state index in [-0.39, 0.29) is 0 Å². The van der Waals surface area contributed by atoms with Crippen molar-refractivity contribution in [3.8, 4) is 0 Å². The Morgan fingerprint density at radius 1 is 1.20 bits per heavy atom. The molecule has 1 heterocycles. The molecule has 1 aromatic carbocycles. The van der Waals surface area contributed by atoms with E-state index >= 15 is 0 Å². The molecule has 1 saturated heterocycles. The van der Waals surface area contributed by atoms with Gasteiger partial charge in [-0.05, 0) is 24.8 Å². The van der Waals surface area contributed by atoms with Crippen molar-refractivity contribution in [1.29, 1.82) is 0 Å². The van der Waals surface area contributed by atoms with Gasteiger partial charge < -0.3 is 10.1 Å².